The quantitative estimate of drug-likeness (QED) is 0.320. The van der Waals surface area contributed by atoms with Gasteiger partial charge in [-0.15, -0.1) is 0 Å². The number of benzene rings is 1. The molecule has 0 radical (unpaired) electrons. The first-order valence-electron chi connectivity index (χ1n) is 16.8. The van der Waals surface area contributed by atoms with E-state index in [1.807, 2.05) is 43.9 Å². The van der Waals surface area contributed by atoms with E-state index in [4.69, 9.17) is 24.4 Å². The lowest BCUT2D eigenvalue weighted by molar-refractivity contribution is 0.0122. The zero-order chi connectivity index (χ0) is 30.9. The van der Waals surface area contributed by atoms with Crippen molar-refractivity contribution in [1.29, 1.82) is 0 Å². The van der Waals surface area contributed by atoms with Crippen LogP contribution in [-0.2, 0) is 4.74 Å². The number of hydrogen-bond donors (Lipinski definition) is 0. The van der Waals surface area contributed by atoms with Gasteiger partial charge in [-0.1, -0.05) is 24.3 Å². The number of anilines is 1. The molecule has 5 fully saturated rings. The Bertz CT molecular complexity index is 1610. The maximum absolute atomic E-state index is 16.7. The normalized spacial score (nSPS) is 24.4. The lowest BCUT2D eigenvalue weighted by Gasteiger charge is -2.42. The van der Waals surface area contributed by atoms with Crippen molar-refractivity contribution in [2.75, 3.05) is 37.7 Å². The predicted molar refractivity (Wildman–Crippen MR) is 170 cm³/mol. The van der Waals surface area contributed by atoms with E-state index >= 15 is 4.39 Å². The summed E-state index contributed by atoms with van der Waals surface area (Å²) in [5.74, 6) is 0.636. The van der Waals surface area contributed by atoms with Crippen LogP contribution in [0.3, 0.4) is 0 Å². The fraction of sp³-hybridized carbons (Fsp3) is 0.600. The van der Waals surface area contributed by atoms with Crippen molar-refractivity contribution in [3.05, 3.63) is 41.8 Å². The van der Waals surface area contributed by atoms with Gasteiger partial charge in [0.15, 0.2) is 5.82 Å². The predicted octanol–water partition coefficient (Wildman–Crippen LogP) is 6.30. The Hall–Kier alpha value is -3.53. The summed E-state index contributed by atoms with van der Waals surface area (Å²) in [4.78, 5) is 34.2. The second kappa shape index (κ2) is 10.8. The molecular weight excluding hydrogens is 571 g/mol. The first kappa shape index (κ1) is 28.9. The number of aromatic nitrogens is 3. The lowest BCUT2D eigenvalue weighted by Crippen LogP contribution is -2.57. The fourth-order valence-electron chi connectivity index (χ4n) is 8.33. The summed E-state index contributed by atoms with van der Waals surface area (Å²) in [7, 11) is 0. The molecule has 6 heterocycles. The van der Waals surface area contributed by atoms with Crippen LogP contribution in [0.4, 0.5) is 15.0 Å². The van der Waals surface area contributed by atoms with Gasteiger partial charge < -0.3 is 14.4 Å². The molecule has 3 aromatic rings. The van der Waals surface area contributed by atoms with E-state index in [-0.39, 0.29) is 35.2 Å². The summed E-state index contributed by atoms with van der Waals surface area (Å²) in [6.07, 6.45) is 10.0. The minimum absolute atomic E-state index is 0.0140. The monoisotopic (exact) mass is 614 g/mol. The number of nitrogens with zero attached hydrogens (tertiary/aromatic N) is 6. The van der Waals surface area contributed by atoms with E-state index in [2.05, 4.69) is 15.9 Å². The maximum Gasteiger partial charge on any atom is 0.410 e. The highest BCUT2D eigenvalue weighted by Crippen LogP contribution is 2.45. The van der Waals surface area contributed by atoms with Crippen LogP contribution in [0.1, 0.15) is 83.6 Å². The van der Waals surface area contributed by atoms with Gasteiger partial charge in [0.2, 0.25) is 0 Å². The lowest BCUT2D eigenvalue weighted by atomic mass is 9.95. The van der Waals surface area contributed by atoms with E-state index in [1.165, 1.54) is 12.8 Å². The van der Waals surface area contributed by atoms with E-state index < -0.39 is 11.4 Å². The number of hydrogen-bond acceptors (Lipinski definition) is 8. The van der Waals surface area contributed by atoms with Gasteiger partial charge in [-0.25, -0.2) is 9.18 Å². The molecule has 9 nitrogen and oxygen atoms in total. The third-order valence-corrected chi connectivity index (χ3v) is 10.5. The number of pyridine rings is 1. The molecule has 1 saturated carbocycles. The zero-order valence-corrected chi connectivity index (χ0v) is 26.6. The van der Waals surface area contributed by atoms with Crippen LogP contribution < -0.4 is 9.64 Å². The molecule has 238 valence electrons. The van der Waals surface area contributed by atoms with Gasteiger partial charge in [-0.3, -0.25) is 14.8 Å². The Morgan fingerprint density at radius 2 is 1.73 bits per heavy atom. The van der Waals surface area contributed by atoms with Gasteiger partial charge in [0.1, 0.15) is 29.2 Å². The Morgan fingerprint density at radius 3 is 2.42 bits per heavy atom. The van der Waals surface area contributed by atoms with Gasteiger partial charge in [0.05, 0.1) is 23.0 Å². The third kappa shape index (κ3) is 5.19. The van der Waals surface area contributed by atoms with Crippen LogP contribution in [0.2, 0.25) is 0 Å². The van der Waals surface area contributed by atoms with Crippen molar-refractivity contribution >= 4 is 22.8 Å². The second-order valence-electron chi connectivity index (χ2n) is 14.8. The molecule has 2 atom stereocenters. The first-order valence-corrected chi connectivity index (χ1v) is 16.8. The molecule has 0 N–H and O–H groups in total. The zero-order valence-electron chi connectivity index (χ0n) is 26.6. The van der Waals surface area contributed by atoms with Crippen LogP contribution in [0.15, 0.2) is 30.5 Å². The summed E-state index contributed by atoms with van der Waals surface area (Å²) in [6.45, 7) is 9.54. The Balaban J connectivity index is 1.17. The fourth-order valence-corrected chi connectivity index (χ4v) is 8.33. The number of ether oxygens (including phenoxy) is 2. The van der Waals surface area contributed by atoms with Crippen LogP contribution in [0.5, 0.6) is 6.01 Å². The van der Waals surface area contributed by atoms with Crippen LogP contribution in [0.25, 0.3) is 22.2 Å². The van der Waals surface area contributed by atoms with Crippen LogP contribution in [0, 0.1) is 5.82 Å². The van der Waals surface area contributed by atoms with Crippen molar-refractivity contribution in [3.8, 4) is 17.3 Å². The van der Waals surface area contributed by atoms with E-state index in [0.717, 1.165) is 62.7 Å². The number of fused-ring (bicyclic) bond motifs is 4. The van der Waals surface area contributed by atoms with Crippen molar-refractivity contribution in [3.63, 3.8) is 0 Å². The molecule has 2 aromatic heterocycles. The van der Waals surface area contributed by atoms with Gasteiger partial charge in [0, 0.05) is 24.8 Å². The van der Waals surface area contributed by atoms with Gasteiger partial charge in [0.25, 0.3) is 0 Å². The summed E-state index contributed by atoms with van der Waals surface area (Å²) in [6, 6.07) is 8.19. The molecule has 8 rings (SSSR count). The molecule has 4 saturated heterocycles. The molecule has 10 heteroatoms. The smallest absolute Gasteiger partial charge is 0.410 e. The summed E-state index contributed by atoms with van der Waals surface area (Å²) >= 11 is 0. The molecule has 2 unspecified atom stereocenters. The second-order valence-corrected chi connectivity index (χ2v) is 14.8. The van der Waals surface area contributed by atoms with Crippen LogP contribution >= 0.6 is 0 Å². The van der Waals surface area contributed by atoms with E-state index in [1.54, 1.807) is 6.20 Å². The minimum atomic E-state index is -0.560. The van der Waals surface area contributed by atoms with Gasteiger partial charge in [-0.2, -0.15) is 9.97 Å². The highest BCUT2D eigenvalue weighted by atomic mass is 19.1. The van der Waals surface area contributed by atoms with Crippen molar-refractivity contribution in [1.82, 2.24) is 24.8 Å². The Morgan fingerprint density at radius 1 is 1.02 bits per heavy atom. The molecule has 2 bridgehead atoms. The van der Waals surface area contributed by atoms with E-state index in [9.17, 15) is 4.79 Å². The highest BCUT2D eigenvalue weighted by molar-refractivity contribution is 5.92. The number of rotatable bonds is 6. The molecular formula is C35H43FN6O3. The topological polar surface area (TPSA) is 83.9 Å². The largest absolute Gasteiger partial charge is 0.461 e. The van der Waals surface area contributed by atoms with Gasteiger partial charge >= 0.3 is 12.1 Å². The number of amides is 1. The molecule has 5 aliphatic rings. The standard InChI is InChI=1S/C35H43FN6O3/c1-34(2,3)45-33(43)42-23-12-13-24(42)20-40(19-23)31-27-18-37-29(26-9-5-4-8-25(26)22-10-11-22)28(36)30(27)38-32(39-31)44-21-35-14-6-16-41(35)17-7-15-35/h4-5,8-9,18,22-24H,6-7,10-17,19-21H2,1-3H3. The average molecular weight is 615 g/mol. The van der Waals surface area contributed by atoms with Gasteiger partial charge in [-0.05, 0) is 96.7 Å². The minimum Gasteiger partial charge on any atom is -0.461 e. The number of carbonyl (C=O) groups is 1. The summed E-state index contributed by atoms with van der Waals surface area (Å²) in [5, 5.41) is 0.569. The number of halogens is 1. The SMILES string of the molecule is CC(C)(C)OC(=O)N1C2CCC1CN(c1nc(OCC34CCCN3CCC4)nc3c(F)c(-c4ccccc4C4CC4)ncc13)C2. The van der Waals surface area contributed by atoms with Crippen molar-refractivity contribution < 1.29 is 18.7 Å². The third-order valence-electron chi connectivity index (χ3n) is 10.5. The average Bonchev–Trinajstić information content (AvgIpc) is 3.58. The Kier molecular flexibility index (Phi) is 6.93. The van der Waals surface area contributed by atoms with Crippen molar-refractivity contribution in [2.45, 2.75) is 101 Å². The Labute approximate surface area is 264 Å². The van der Waals surface area contributed by atoms with Crippen LogP contribution in [-0.4, -0.2) is 86.9 Å². The van der Waals surface area contributed by atoms with Crippen molar-refractivity contribution in [2.24, 2.45) is 0 Å². The molecule has 0 spiro atoms. The molecule has 1 aliphatic carbocycles. The number of piperazine rings is 1. The molecule has 4 aliphatic heterocycles. The first-order chi connectivity index (χ1) is 21.7. The summed E-state index contributed by atoms with van der Waals surface area (Å²) < 4.78 is 28.9. The molecule has 45 heavy (non-hydrogen) atoms. The van der Waals surface area contributed by atoms with E-state index in [0.29, 0.717) is 42.5 Å². The molecule has 1 amide bonds. The summed E-state index contributed by atoms with van der Waals surface area (Å²) in [5.41, 5.74) is 1.99. The molecule has 1 aromatic carbocycles. The number of carbonyl (C=O) groups excluding carboxylic acids is 1. The highest BCUT2D eigenvalue weighted by Gasteiger charge is 2.46. The maximum atomic E-state index is 16.7.